The first-order valence-electron chi connectivity index (χ1n) is 8.04. The molecule has 0 bridgehead atoms. The van der Waals surface area contributed by atoms with Gasteiger partial charge in [0.05, 0.1) is 5.92 Å². The van der Waals surface area contributed by atoms with E-state index in [1.165, 1.54) is 22.9 Å². The van der Waals surface area contributed by atoms with E-state index in [0.717, 1.165) is 0 Å². The summed E-state index contributed by atoms with van der Waals surface area (Å²) in [4.78, 5) is 23.4. The number of rotatable bonds is 4. The van der Waals surface area contributed by atoms with Crippen molar-refractivity contribution in [3.8, 4) is 5.69 Å². The van der Waals surface area contributed by atoms with Crippen molar-refractivity contribution in [1.82, 2.24) is 20.2 Å². The summed E-state index contributed by atoms with van der Waals surface area (Å²) in [6.45, 7) is 1.64. The lowest BCUT2D eigenvalue weighted by atomic mass is 9.81. The maximum absolute atomic E-state index is 14.0. The van der Waals surface area contributed by atoms with E-state index in [1.807, 2.05) is 0 Å². The van der Waals surface area contributed by atoms with Gasteiger partial charge < -0.3 is 10.4 Å². The summed E-state index contributed by atoms with van der Waals surface area (Å²) in [5.41, 5.74) is 0.589. The Kier molecular flexibility index (Phi) is 4.73. The standard InChI is InChI=1S/C16H18FN5O3/c1-9-19-20-21-22(9)14-8-12(6-7-13(14)17)18-15(23)10-2-4-11(5-3-10)16(24)25/h6-8,10-11H,2-5H2,1H3,(H,18,23)(H,24,25). The summed E-state index contributed by atoms with van der Waals surface area (Å²) in [6.07, 6.45) is 2.05. The first-order chi connectivity index (χ1) is 12.0. The predicted octanol–water partition coefficient (Wildman–Crippen LogP) is 1.94. The van der Waals surface area contributed by atoms with Crippen molar-refractivity contribution in [2.75, 3.05) is 5.32 Å². The molecule has 9 heteroatoms. The number of aryl methyl sites for hydroxylation is 1. The Morgan fingerprint density at radius 2 is 1.92 bits per heavy atom. The molecule has 2 N–H and O–H groups in total. The molecule has 0 spiro atoms. The molecule has 132 valence electrons. The minimum absolute atomic E-state index is 0.148. The van der Waals surface area contributed by atoms with Crippen molar-refractivity contribution in [2.45, 2.75) is 32.6 Å². The largest absolute Gasteiger partial charge is 0.481 e. The number of hydrogen-bond donors (Lipinski definition) is 2. The molecule has 8 nitrogen and oxygen atoms in total. The fraction of sp³-hybridized carbons (Fsp3) is 0.438. The summed E-state index contributed by atoms with van der Waals surface area (Å²) >= 11 is 0. The fourth-order valence-corrected chi connectivity index (χ4v) is 3.05. The second-order valence-electron chi connectivity index (χ2n) is 6.18. The van der Waals surface area contributed by atoms with Gasteiger partial charge in [0.1, 0.15) is 11.5 Å². The molecular formula is C16H18FN5O3. The number of nitrogens with zero attached hydrogens (tertiary/aromatic N) is 4. The van der Waals surface area contributed by atoms with E-state index in [0.29, 0.717) is 37.2 Å². The first kappa shape index (κ1) is 17.0. The van der Waals surface area contributed by atoms with E-state index in [2.05, 4.69) is 20.8 Å². The zero-order chi connectivity index (χ0) is 18.0. The topological polar surface area (TPSA) is 110 Å². The van der Waals surface area contributed by atoms with Crippen LogP contribution < -0.4 is 5.32 Å². The molecule has 1 fully saturated rings. The molecule has 1 aromatic carbocycles. The van der Waals surface area contributed by atoms with Crippen LogP contribution in [-0.4, -0.2) is 37.2 Å². The van der Waals surface area contributed by atoms with Crippen LogP contribution in [0.25, 0.3) is 5.69 Å². The third-order valence-corrected chi connectivity index (χ3v) is 4.51. The number of tetrazole rings is 1. The zero-order valence-corrected chi connectivity index (χ0v) is 13.6. The van der Waals surface area contributed by atoms with Gasteiger partial charge in [0.25, 0.3) is 0 Å². The molecule has 1 aromatic heterocycles. The van der Waals surface area contributed by atoms with Gasteiger partial charge in [-0.25, -0.2) is 4.39 Å². The predicted molar refractivity (Wildman–Crippen MR) is 85.6 cm³/mol. The SMILES string of the molecule is Cc1nnnn1-c1cc(NC(=O)C2CCC(C(=O)O)CC2)ccc1F. The fourth-order valence-electron chi connectivity index (χ4n) is 3.05. The molecule has 2 aromatic rings. The number of aliphatic carboxylic acids is 1. The van der Waals surface area contributed by atoms with E-state index in [4.69, 9.17) is 5.11 Å². The Balaban J connectivity index is 1.70. The van der Waals surface area contributed by atoms with Crippen LogP contribution in [0.1, 0.15) is 31.5 Å². The maximum atomic E-state index is 14.0. The number of hydrogen-bond acceptors (Lipinski definition) is 5. The number of carboxylic acids is 1. The monoisotopic (exact) mass is 347 g/mol. The van der Waals surface area contributed by atoms with Gasteiger partial charge in [0.15, 0.2) is 5.82 Å². The van der Waals surface area contributed by atoms with Gasteiger partial charge in [0.2, 0.25) is 5.91 Å². The second-order valence-corrected chi connectivity index (χ2v) is 6.18. The van der Waals surface area contributed by atoms with E-state index in [-0.39, 0.29) is 23.4 Å². The number of nitrogens with one attached hydrogen (secondary N) is 1. The van der Waals surface area contributed by atoms with Crippen LogP contribution in [0.15, 0.2) is 18.2 Å². The van der Waals surface area contributed by atoms with E-state index < -0.39 is 11.8 Å². The number of anilines is 1. The molecule has 1 heterocycles. The van der Waals surface area contributed by atoms with Gasteiger partial charge in [-0.15, -0.1) is 5.10 Å². The minimum Gasteiger partial charge on any atom is -0.481 e. The van der Waals surface area contributed by atoms with Crippen LogP contribution >= 0.6 is 0 Å². The summed E-state index contributed by atoms with van der Waals surface area (Å²) in [7, 11) is 0. The number of carbonyl (C=O) groups excluding carboxylic acids is 1. The molecule has 0 unspecified atom stereocenters. The van der Waals surface area contributed by atoms with Crippen molar-refractivity contribution < 1.29 is 19.1 Å². The lowest BCUT2D eigenvalue weighted by molar-refractivity contribution is -0.143. The molecule has 1 aliphatic rings. The lowest BCUT2D eigenvalue weighted by Gasteiger charge is -2.25. The molecule has 0 saturated heterocycles. The van der Waals surface area contributed by atoms with Crippen molar-refractivity contribution in [2.24, 2.45) is 11.8 Å². The molecule has 0 aliphatic heterocycles. The Hall–Kier alpha value is -2.84. The highest BCUT2D eigenvalue weighted by molar-refractivity contribution is 5.93. The van der Waals surface area contributed by atoms with Gasteiger partial charge in [-0.05, 0) is 61.2 Å². The molecule has 0 atom stereocenters. The summed E-state index contributed by atoms with van der Waals surface area (Å²) in [5.74, 6) is -1.68. The highest BCUT2D eigenvalue weighted by Gasteiger charge is 2.29. The number of carboxylic acid groups (broad SMARTS) is 1. The van der Waals surface area contributed by atoms with Crippen molar-refractivity contribution >= 4 is 17.6 Å². The average Bonchev–Trinajstić information content (AvgIpc) is 3.02. The third kappa shape index (κ3) is 3.65. The van der Waals surface area contributed by atoms with Crippen LogP contribution in [0, 0.1) is 24.6 Å². The highest BCUT2D eigenvalue weighted by atomic mass is 19.1. The molecular weight excluding hydrogens is 329 g/mol. The Morgan fingerprint density at radius 1 is 1.24 bits per heavy atom. The average molecular weight is 347 g/mol. The van der Waals surface area contributed by atoms with Gasteiger partial charge in [-0.2, -0.15) is 4.68 Å². The smallest absolute Gasteiger partial charge is 0.306 e. The molecule has 1 saturated carbocycles. The third-order valence-electron chi connectivity index (χ3n) is 4.51. The molecule has 3 rings (SSSR count). The van der Waals surface area contributed by atoms with Crippen molar-refractivity contribution in [3.05, 3.63) is 29.8 Å². The van der Waals surface area contributed by atoms with Gasteiger partial charge in [0, 0.05) is 11.6 Å². The highest BCUT2D eigenvalue weighted by Crippen LogP contribution is 2.30. The van der Waals surface area contributed by atoms with Crippen LogP contribution in [0.3, 0.4) is 0 Å². The van der Waals surface area contributed by atoms with Gasteiger partial charge >= 0.3 is 5.97 Å². The Labute approximate surface area is 143 Å². The first-order valence-corrected chi connectivity index (χ1v) is 8.04. The normalized spacial score (nSPS) is 20.2. The van der Waals surface area contributed by atoms with E-state index in [1.54, 1.807) is 6.92 Å². The quantitative estimate of drug-likeness (QED) is 0.874. The van der Waals surface area contributed by atoms with Crippen molar-refractivity contribution in [3.63, 3.8) is 0 Å². The van der Waals surface area contributed by atoms with E-state index >= 15 is 0 Å². The Morgan fingerprint density at radius 3 is 2.52 bits per heavy atom. The number of amides is 1. The van der Waals surface area contributed by atoms with Crippen LogP contribution in [0.5, 0.6) is 0 Å². The van der Waals surface area contributed by atoms with Crippen LogP contribution in [-0.2, 0) is 9.59 Å². The molecule has 1 aliphatic carbocycles. The summed E-state index contributed by atoms with van der Waals surface area (Å²) in [6, 6.07) is 4.19. The number of aromatic nitrogens is 4. The summed E-state index contributed by atoms with van der Waals surface area (Å²) < 4.78 is 15.3. The zero-order valence-electron chi connectivity index (χ0n) is 13.6. The number of halogens is 1. The van der Waals surface area contributed by atoms with Gasteiger partial charge in [-0.3, -0.25) is 9.59 Å². The second kappa shape index (κ2) is 6.96. The van der Waals surface area contributed by atoms with Crippen LogP contribution in [0.2, 0.25) is 0 Å². The van der Waals surface area contributed by atoms with E-state index in [9.17, 15) is 14.0 Å². The number of carbonyl (C=O) groups is 2. The molecule has 1 amide bonds. The molecule has 25 heavy (non-hydrogen) atoms. The molecule has 0 radical (unpaired) electrons. The maximum Gasteiger partial charge on any atom is 0.306 e. The number of benzene rings is 1. The minimum atomic E-state index is -0.807. The summed E-state index contributed by atoms with van der Waals surface area (Å²) in [5, 5.41) is 22.7. The Bertz CT molecular complexity index is 799. The lowest BCUT2D eigenvalue weighted by Crippen LogP contribution is -2.29. The van der Waals surface area contributed by atoms with Gasteiger partial charge in [-0.1, -0.05) is 0 Å². The van der Waals surface area contributed by atoms with Crippen molar-refractivity contribution in [1.29, 1.82) is 0 Å². The van der Waals surface area contributed by atoms with Crippen LogP contribution in [0.4, 0.5) is 10.1 Å².